The molecule has 0 atom stereocenters. The second-order valence-corrected chi connectivity index (χ2v) is 8.09. The van der Waals surface area contributed by atoms with Gasteiger partial charge in [-0.2, -0.15) is 0 Å². The maximum atomic E-state index is 12.4. The Kier molecular flexibility index (Phi) is 6.30. The molecule has 0 aliphatic heterocycles. The number of amides is 1. The molecule has 1 heterocycles. The lowest BCUT2D eigenvalue weighted by Crippen LogP contribution is -2.37. The van der Waals surface area contributed by atoms with Gasteiger partial charge >= 0.3 is 0 Å². The fraction of sp³-hybridized carbons (Fsp3) is 0.333. The van der Waals surface area contributed by atoms with E-state index >= 15 is 0 Å². The third-order valence-electron chi connectivity index (χ3n) is 5.61. The van der Waals surface area contributed by atoms with E-state index < -0.39 is 0 Å². The Morgan fingerprint density at radius 1 is 1.03 bits per heavy atom. The molecular weight excluding hydrogens is 384 g/mol. The molecule has 1 aliphatic rings. The minimum absolute atomic E-state index is 0.0689. The van der Waals surface area contributed by atoms with Crippen LogP contribution in [0.25, 0.3) is 11.3 Å². The van der Waals surface area contributed by atoms with E-state index in [1.54, 1.807) is 6.20 Å². The van der Waals surface area contributed by atoms with Crippen molar-refractivity contribution >= 4 is 17.5 Å². The normalized spacial score (nSPS) is 19.1. The average molecular weight is 409 g/mol. The Balaban J connectivity index is 1.22. The van der Waals surface area contributed by atoms with E-state index in [2.05, 4.69) is 40.6 Å². The van der Waals surface area contributed by atoms with Crippen LogP contribution in [0.2, 0.25) is 5.02 Å². The molecule has 0 bridgehead atoms. The summed E-state index contributed by atoms with van der Waals surface area (Å²) < 4.78 is 5.78. The predicted octanol–water partition coefficient (Wildman–Crippen LogP) is 5.77. The zero-order chi connectivity index (χ0) is 20.1. The van der Waals surface area contributed by atoms with Gasteiger partial charge in [-0.25, -0.2) is 4.98 Å². The molecule has 2 aromatic carbocycles. The molecule has 5 heteroatoms. The number of nitrogens with zero attached hydrogens (tertiary/aromatic N) is 1. The molecule has 1 N–H and O–H groups in total. The summed E-state index contributed by atoms with van der Waals surface area (Å²) in [5, 5.41) is 3.87. The molecule has 1 aromatic heterocycles. The van der Waals surface area contributed by atoms with Crippen molar-refractivity contribution in [1.82, 2.24) is 10.3 Å². The van der Waals surface area contributed by atoms with E-state index in [1.165, 1.54) is 5.56 Å². The number of aryl methyl sites for hydroxylation is 1. The second-order valence-electron chi connectivity index (χ2n) is 7.65. The zero-order valence-corrected chi connectivity index (χ0v) is 17.1. The quantitative estimate of drug-likeness (QED) is 0.563. The van der Waals surface area contributed by atoms with Crippen LogP contribution in [-0.4, -0.2) is 16.9 Å². The monoisotopic (exact) mass is 408 g/mol. The number of carbonyl (C=O) groups excluding carboxylic acids is 1. The second kappa shape index (κ2) is 9.27. The van der Waals surface area contributed by atoms with E-state index in [4.69, 9.17) is 16.0 Å². The van der Waals surface area contributed by atoms with E-state index in [-0.39, 0.29) is 11.9 Å². The Bertz CT molecular complexity index is 929. The van der Waals surface area contributed by atoms with Gasteiger partial charge in [0.1, 0.15) is 0 Å². The van der Waals surface area contributed by atoms with Crippen molar-refractivity contribution in [1.29, 1.82) is 0 Å². The summed E-state index contributed by atoms with van der Waals surface area (Å²) in [7, 11) is 0. The van der Waals surface area contributed by atoms with Crippen LogP contribution in [0.4, 0.5) is 0 Å². The summed E-state index contributed by atoms with van der Waals surface area (Å²) in [6.07, 6.45) is 6.90. The molecule has 4 nitrogen and oxygen atoms in total. The number of rotatable bonds is 6. The molecule has 0 spiro atoms. The van der Waals surface area contributed by atoms with Crippen molar-refractivity contribution in [2.75, 3.05) is 0 Å². The number of carbonyl (C=O) groups is 1. The summed E-state index contributed by atoms with van der Waals surface area (Å²) in [4.78, 5) is 16.7. The molecule has 0 saturated heterocycles. The van der Waals surface area contributed by atoms with E-state index in [1.807, 2.05) is 24.3 Å². The van der Waals surface area contributed by atoms with Gasteiger partial charge in [0.2, 0.25) is 5.91 Å². The van der Waals surface area contributed by atoms with E-state index in [0.29, 0.717) is 35.4 Å². The molecule has 3 aromatic rings. The van der Waals surface area contributed by atoms with Crippen LogP contribution in [0, 0.1) is 0 Å². The summed E-state index contributed by atoms with van der Waals surface area (Å²) in [5.74, 6) is 1.96. The van der Waals surface area contributed by atoms with Crippen LogP contribution in [0.3, 0.4) is 0 Å². The largest absolute Gasteiger partial charge is 0.441 e. The molecule has 0 radical (unpaired) electrons. The first-order valence-electron chi connectivity index (χ1n) is 10.2. The number of oxazole rings is 1. The van der Waals surface area contributed by atoms with Crippen molar-refractivity contribution in [3.8, 4) is 11.3 Å². The third-order valence-corrected chi connectivity index (χ3v) is 5.86. The molecule has 1 saturated carbocycles. The Morgan fingerprint density at radius 2 is 1.76 bits per heavy atom. The first-order chi connectivity index (χ1) is 14.2. The van der Waals surface area contributed by atoms with E-state index in [9.17, 15) is 4.79 Å². The molecular formula is C24H25ClN2O2. The highest BCUT2D eigenvalue weighted by Gasteiger charge is 2.23. The van der Waals surface area contributed by atoms with Crippen molar-refractivity contribution in [2.45, 2.75) is 50.5 Å². The van der Waals surface area contributed by atoms with Gasteiger partial charge in [0.05, 0.1) is 6.20 Å². The van der Waals surface area contributed by atoms with Crippen LogP contribution < -0.4 is 5.32 Å². The maximum Gasteiger partial charge on any atom is 0.220 e. The highest BCUT2D eigenvalue weighted by molar-refractivity contribution is 6.30. The van der Waals surface area contributed by atoms with Gasteiger partial charge in [-0.3, -0.25) is 4.79 Å². The van der Waals surface area contributed by atoms with Crippen LogP contribution in [0.1, 0.15) is 49.5 Å². The first-order valence-corrected chi connectivity index (χ1v) is 10.6. The van der Waals surface area contributed by atoms with Gasteiger partial charge in [-0.1, -0.05) is 41.9 Å². The van der Waals surface area contributed by atoms with Gasteiger partial charge in [-0.05, 0) is 61.4 Å². The molecule has 0 unspecified atom stereocenters. The molecule has 1 aliphatic carbocycles. The first kappa shape index (κ1) is 19.7. The van der Waals surface area contributed by atoms with Crippen LogP contribution >= 0.6 is 11.6 Å². The molecule has 4 rings (SSSR count). The van der Waals surface area contributed by atoms with Crippen molar-refractivity contribution in [3.63, 3.8) is 0 Å². The SMILES string of the molecule is O=C(CCc1ncc(-c2ccc(Cl)cc2)o1)NC1CCC(c2ccccc2)CC1. The predicted molar refractivity (Wildman–Crippen MR) is 115 cm³/mol. The summed E-state index contributed by atoms with van der Waals surface area (Å²) >= 11 is 5.92. The molecule has 1 amide bonds. The topological polar surface area (TPSA) is 55.1 Å². The average Bonchev–Trinajstić information content (AvgIpc) is 3.23. The van der Waals surface area contributed by atoms with Gasteiger partial charge in [-0.15, -0.1) is 0 Å². The number of nitrogens with one attached hydrogen (secondary N) is 1. The van der Waals surface area contributed by atoms with Gasteiger partial charge in [0.25, 0.3) is 0 Å². The van der Waals surface area contributed by atoms with Crippen molar-refractivity contribution in [3.05, 3.63) is 77.3 Å². The summed E-state index contributed by atoms with van der Waals surface area (Å²) in [6.45, 7) is 0. The van der Waals surface area contributed by atoms with Crippen LogP contribution in [0.15, 0.2) is 65.2 Å². The fourth-order valence-corrected chi connectivity index (χ4v) is 4.12. The standard InChI is InChI=1S/C24H25ClN2O2/c25-20-10-6-19(7-11-20)22-16-26-24(29-22)15-14-23(28)27-21-12-8-18(9-13-21)17-4-2-1-3-5-17/h1-7,10-11,16,18,21H,8-9,12-15H2,(H,27,28). The number of hydrogen-bond donors (Lipinski definition) is 1. The molecule has 150 valence electrons. The van der Waals surface area contributed by atoms with E-state index in [0.717, 1.165) is 31.2 Å². The maximum absolute atomic E-state index is 12.4. The lowest BCUT2D eigenvalue weighted by atomic mass is 9.82. The summed E-state index contributed by atoms with van der Waals surface area (Å²) in [6, 6.07) is 18.4. The Labute approximate surface area is 176 Å². The number of halogens is 1. The summed E-state index contributed by atoms with van der Waals surface area (Å²) in [5.41, 5.74) is 2.34. The third kappa shape index (κ3) is 5.27. The zero-order valence-electron chi connectivity index (χ0n) is 16.3. The van der Waals surface area contributed by atoms with Crippen molar-refractivity contribution in [2.24, 2.45) is 0 Å². The minimum Gasteiger partial charge on any atom is -0.441 e. The van der Waals surface area contributed by atoms with Gasteiger partial charge < -0.3 is 9.73 Å². The Hall–Kier alpha value is -2.59. The number of aromatic nitrogens is 1. The molecule has 29 heavy (non-hydrogen) atoms. The van der Waals surface area contributed by atoms with Crippen LogP contribution in [0.5, 0.6) is 0 Å². The highest BCUT2D eigenvalue weighted by atomic mass is 35.5. The lowest BCUT2D eigenvalue weighted by molar-refractivity contribution is -0.122. The number of hydrogen-bond acceptors (Lipinski definition) is 3. The lowest BCUT2D eigenvalue weighted by Gasteiger charge is -2.29. The van der Waals surface area contributed by atoms with Crippen LogP contribution in [-0.2, 0) is 11.2 Å². The minimum atomic E-state index is 0.0689. The molecule has 1 fully saturated rings. The highest BCUT2D eigenvalue weighted by Crippen LogP contribution is 2.32. The Morgan fingerprint density at radius 3 is 2.48 bits per heavy atom. The number of benzene rings is 2. The van der Waals surface area contributed by atoms with Crippen molar-refractivity contribution < 1.29 is 9.21 Å². The van der Waals surface area contributed by atoms with Gasteiger partial charge in [0, 0.05) is 29.5 Å². The smallest absolute Gasteiger partial charge is 0.220 e. The van der Waals surface area contributed by atoms with Gasteiger partial charge in [0.15, 0.2) is 11.7 Å². The fourth-order valence-electron chi connectivity index (χ4n) is 3.99.